The Morgan fingerprint density at radius 3 is 2.75 bits per heavy atom. The van der Waals surface area contributed by atoms with Gasteiger partial charge in [0.05, 0.1) is 18.6 Å². The number of hydrogen-bond donors (Lipinski definition) is 1. The maximum atomic E-state index is 12.0. The molecule has 1 heterocycles. The van der Waals surface area contributed by atoms with Gasteiger partial charge in [0.25, 0.3) is 5.91 Å². The number of amides is 1. The van der Waals surface area contributed by atoms with E-state index in [-0.39, 0.29) is 6.42 Å². The molecule has 6 nitrogen and oxygen atoms in total. The highest BCUT2D eigenvalue weighted by Gasteiger charge is 2.18. The van der Waals surface area contributed by atoms with Crippen LogP contribution in [0.4, 0.5) is 5.82 Å². The van der Waals surface area contributed by atoms with Gasteiger partial charge < -0.3 is 14.8 Å². The SMILES string of the molecule is COc1cccc(CC(=O)O[C@@H](C)C(=O)Nc2ccc(Cl)cn2)c1. The van der Waals surface area contributed by atoms with E-state index in [1.807, 2.05) is 0 Å². The minimum absolute atomic E-state index is 0.0496. The zero-order chi connectivity index (χ0) is 17.5. The van der Waals surface area contributed by atoms with Crippen molar-refractivity contribution in [3.63, 3.8) is 0 Å². The molecule has 1 N–H and O–H groups in total. The summed E-state index contributed by atoms with van der Waals surface area (Å²) in [5.41, 5.74) is 0.742. The first-order chi connectivity index (χ1) is 11.5. The van der Waals surface area contributed by atoms with E-state index in [0.29, 0.717) is 16.6 Å². The van der Waals surface area contributed by atoms with Crippen LogP contribution in [0.1, 0.15) is 12.5 Å². The first kappa shape index (κ1) is 17.7. The highest BCUT2D eigenvalue weighted by Crippen LogP contribution is 2.14. The number of rotatable bonds is 6. The predicted octanol–water partition coefficient (Wildman–Crippen LogP) is 2.86. The van der Waals surface area contributed by atoms with Crippen molar-refractivity contribution in [2.24, 2.45) is 0 Å². The summed E-state index contributed by atoms with van der Waals surface area (Å²) < 4.78 is 10.2. The first-order valence-corrected chi connectivity index (χ1v) is 7.60. The summed E-state index contributed by atoms with van der Waals surface area (Å²) in [5, 5.41) is 3.01. The van der Waals surface area contributed by atoms with Crippen molar-refractivity contribution in [2.45, 2.75) is 19.4 Å². The largest absolute Gasteiger partial charge is 0.497 e. The number of benzene rings is 1. The number of aromatic nitrogens is 1. The van der Waals surface area contributed by atoms with Crippen molar-refractivity contribution in [3.05, 3.63) is 53.2 Å². The summed E-state index contributed by atoms with van der Waals surface area (Å²) in [6, 6.07) is 10.2. The highest BCUT2D eigenvalue weighted by atomic mass is 35.5. The van der Waals surface area contributed by atoms with Gasteiger partial charge >= 0.3 is 5.97 Å². The predicted molar refractivity (Wildman–Crippen MR) is 90.1 cm³/mol. The van der Waals surface area contributed by atoms with Crippen LogP contribution in [0, 0.1) is 0 Å². The summed E-state index contributed by atoms with van der Waals surface area (Å²) >= 11 is 5.72. The van der Waals surface area contributed by atoms with Crippen LogP contribution in [0.25, 0.3) is 0 Å². The van der Waals surface area contributed by atoms with E-state index in [4.69, 9.17) is 21.1 Å². The third-order valence-corrected chi connectivity index (χ3v) is 3.36. The van der Waals surface area contributed by atoms with Crippen molar-refractivity contribution in [1.82, 2.24) is 4.98 Å². The number of nitrogens with zero attached hydrogens (tertiary/aromatic N) is 1. The zero-order valence-corrected chi connectivity index (χ0v) is 14.0. The molecule has 2 rings (SSSR count). The number of carbonyl (C=O) groups excluding carboxylic acids is 2. The van der Waals surface area contributed by atoms with Crippen molar-refractivity contribution < 1.29 is 19.1 Å². The van der Waals surface area contributed by atoms with Crippen molar-refractivity contribution in [2.75, 3.05) is 12.4 Å². The molecule has 0 fully saturated rings. The Kier molecular flexibility index (Phi) is 6.14. The molecular weight excluding hydrogens is 332 g/mol. The highest BCUT2D eigenvalue weighted by molar-refractivity contribution is 6.30. The second-order valence-electron chi connectivity index (χ2n) is 5.01. The lowest BCUT2D eigenvalue weighted by Gasteiger charge is -2.13. The Bertz CT molecular complexity index is 719. The lowest BCUT2D eigenvalue weighted by Crippen LogP contribution is -2.30. The van der Waals surface area contributed by atoms with Gasteiger partial charge in [0, 0.05) is 6.20 Å². The molecule has 1 amide bonds. The third-order valence-electron chi connectivity index (χ3n) is 3.14. The number of carbonyl (C=O) groups is 2. The molecule has 0 aliphatic heterocycles. The molecule has 0 aliphatic carbocycles. The quantitative estimate of drug-likeness (QED) is 0.812. The third kappa shape index (κ3) is 5.24. The van der Waals surface area contributed by atoms with Gasteiger partial charge in [-0.2, -0.15) is 0 Å². The summed E-state index contributed by atoms with van der Waals surface area (Å²) in [7, 11) is 1.55. The van der Waals surface area contributed by atoms with E-state index in [1.165, 1.54) is 13.1 Å². The Labute approximate surface area is 144 Å². The number of halogens is 1. The summed E-state index contributed by atoms with van der Waals surface area (Å²) in [6.07, 6.45) is 0.519. The van der Waals surface area contributed by atoms with E-state index in [9.17, 15) is 9.59 Å². The van der Waals surface area contributed by atoms with Crippen LogP contribution in [0.15, 0.2) is 42.6 Å². The molecule has 0 aliphatic rings. The fourth-order valence-electron chi connectivity index (χ4n) is 1.92. The fraction of sp³-hybridized carbons (Fsp3) is 0.235. The molecule has 7 heteroatoms. The van der Waals surface area contributed by atoms with E-state index >= 15 is 0 Å². The smallest absolute Gasteiger partial charge is 0.311 e. The molecule has 1 aromatic heterocycles. The van der Waals surface area contributed by atoms with Crippen LogP contribution < -0.4 is 10.1 Å². The average Bonchev–Trinajstić information content (AvgIpc) is 2.56. The Morgan fingerprint density at radius 1 is 1.29 bits per heavy atom. The summed E-state index contributed by atoms with van der Waals surface area (Å²) in [4.78, 5) is 27.9. The molecule has 2 aromatic rings. The topological polar surface area (TPSA) is 77.5 Å². The lowest BCUT2D eigenvalue weighted by molar-refractivity contribution is -0.152. The van der Waals surface area contributed by atoms with E-state index in [0.717, 1.165) is 5.56 Å². The molecule has 24 heavy (non-hydrogen) atoms. The number of ether oxygens (including phenoxy) is 2. The van der Waals surface area contributed by atoms with Crippen molar-refractivity contribution >= 4 is 29.3 Å². The van der Waals surface area contributed by atoms with Crippen LogP contribution >= 0.6 is 11.6 Å². The van der Waals surface area contributed by atoms with Gasteiger partial charge in [-0.1, -0.05) is 23.7 Å². The Morgan fingerprint density at radius 2 is 2.08 bits per heavy atom. The molecule has 0 saturated heterocycles. The molecule has 1 aromatic carbocycles. The van der Waals surface area contributed by atoms with Crippen molar-refractivity contribution in [3.8, 4) is 5.75 Å². The number of methoxy groups -OCH3 is 1. The van der Waals surface area contributed by atoms with Gasteiger partial charge in [0.2, 0.25) is 0 Å². The summed E-state index contributed by atoms with van der Waals surface area (Å²) in [6.45, 7) is 1.49. The van der Waals surface area contributed by atoms with Crippen LogP contribution in [-0.4, -0.2) is 30.1 Å². The standard InChI is InChI=1S/C17H17ClN2O4/c1-11(17(22)20-15-7-6-13(18)10-19-15)24-16(21)9-12-4-3-5-14(8-12)23-2/h3-8,10-11H,9H2,1-2H3,(H,19,20,22)/t11-/m0/s1. The number of nitrogens with one attached hydrogen (secondary N) is 1. The normalized spacial score (nSPS) is 11.5. The zero-order valence-electron chi connectivity index (χ0n) is 13.3. The van der Waals surface area contributed by atoms with E-state index in [1.54, 1.807) is 43.5 Å². The Balaban J connectivity index is 1.88. The molecule has 0 spiro atoms. The lowest BCUT2D eigenvalue weighted by atomic mass is 10.1. The summed E-state index contributed by atoms with van der Waals surface area (Å²) in [5.74, 6) is 0.0128. The van der Waals surface area contributed by atoms with Crippen molar-refractivity contribution in [1.29, 1.82) is 0 Å². The number of hydrogen-bond acceptors (Lipinski definition) is 5. The van der Waals surface area contributed by atoms with Crippen LogP contribution in [0.3, 0.4) is 0 Å². The number of esters is 1. The average molecular weight is 349 g/mol. The monoisotopic (exact) mass is 348 g/mol. The Hall–Kier alpha value is -2.60. The van der Waals surface area contributed by atoms with Gasteiger partial charge in [-0.25, -0.2) is 4.98 Å². The molecule has 0 bridgehead atoms. The van der Waals surface area contributed by atoms with Gasteiger partial charge in [0.15, 0.2) is 6.10 Å². The minimum Gasteiger partial charge on any atom is -0.497 e. The number of anilines is 1. The second kappa shape index (κ2) is 8.31. The molecular formula is C17H17ClN2O4. The molecule has 0 radical (unpaired) electrons. The van der Waals surface area contributed by atoms with Gasteiger partial charge in [0.1, 0.15) is 11.6 Å². The molecule has 0 unspecified atom stereocenters. The molecule has 126 valence electrons. The second-order valence-corrected chi connectivity index (χ2v) is 5.45. The maximum absolute atomic E-state index is 12.0. The number of pyridine rings is 1. The maximum Gasteiger partial charge on any atom is 0.311 e. The van der Waals surface area contributed by atoms with Crippen LogP contribution in [0.2, 0.25) is 5.02 Å². The van der Waals surface area contributed by atoms with Gasteiger partial charge in [-0.15, -0.1) is 0 Å². The van der Waals surface area contributed by atoms with Gasteiger partial charge in [-0.05, 0) is 36.8 Å². The van der Waals surface area contributed by atoms with Gasteiger partial charge in [-0.3, -0.25) is 9.59 Å². The van der Waals surface area contributed by atoms with Crippen LogP contribution in [0.5, 0.6) is 5.75 Å². The van der Waals surface area contributed by atoms with E-state index < -0.39 is 18.0 Å². The van der Waals surface area contributed by atoms with E-state index in [2.05, 4.69) is 10.3 Å². The molecule has 0 saturated carbocycles. The minimum atomic E-state index is -0.944. The first-order valence-electron chi connectivity index (χ1n) is 7.23. The molecule has 1 atom stereocenters. The van der Waals surface area contributed by atoms with Crippen LogP contribution in [-0.2, 0) is 20.7 Å². The fourth-order valence-corrected chi connectivity index (χ4v) is 2.03.